The fourth-order valence-corrected chi connectivity index (χ4v) is 4.45. The van der Waals surface area contributed by atoms with E-state index in [9.17, 15) is 18.0 Å². The molecule has 2 aromatic carbocycles. The summed E-state index contributed by atoms with van der Waals surface area (Å²) in [5.41, 5.74) is 2.53. The zero-order valence-corrected chi connectivity index (χ0v) is 21.6. The molecule has 0 heterocycles. The van der Waals surface area contributed by atoms with Gasteiger partial charge in [-0.2, -0.15) is 0 Å². The lowest BCUT2D eigenvalue weighted by atomic mass is 10.0. The van der Waals surface area contributed by atoms with Gasteiger partial charge in [-0.1, -0.05) is 63.2 Å². The highest BCUT2D eigenvalue weighted by atomic mass is 32.2. The molecule has 0 saturated heterocycles. The quantitative estimate of drug-likeness (QED) is 0.496. The van der Waals surface area contributed by atoms with Crippen LogP contribution in [0.2, 0.25) is 0 Å². The monoisotopic (exact) mass is 487 g/mol. The van der Waals surface area contributed by atoms with Crippen LogP contribution in [0, 0.1) is 0 Å². The van der Waals surface area contributed by atoms with E-state index in [0.717, 1.165) is 28.1 Å². The minimum Gasteiger partial charge on any atom is -0.354 e. The predicted molar refractivity (Wildman–Crippen MR) is 137 cm³/mol. The second kappa shape index (κ2) is 12.6. The van der Waals surface area contributed by atoms with Gasteiger partial charge in [-0.25, -0.2) is 8.42 Å². The number of carbonyl (C=O) groups is 2. The van der Waals surface area contributed by atoms with E-state index in [4.69, 9.17) is 0 Å². The Hall–Kier alpha value is -2.87. The van der Waals surface area contributed by atoms with Crippen LogP contribution < -0.4 is 9.62 Å². The van der Waals surface area contributed by atoms with Crippen molar-refractivity contribution in [2.24, 2.45) is 0 Å². The highest BCUT2D eigenvalue weighted by molar-refractivity contribution is 7.92. The first-order chi connectivity index (χ1) is 16.0. The molecule has 0 aromatic heterocycles. The van der Waals surface area contributed by atoms with Gasteiger partial charge in [0, 0.05) is 13.1 Å². The number of anilines is 1. The molecule has 8 heteroatoms. The third kappa shape index (κ3) is 7.87. The lowest BCUT2D eigenvalue weighted by Crippen LogP contribution is -2.52. The molecular weight excluding hydrogens is 450 g/mol. The number of rotatable bonds is 12. The Balaban J connectivity index is 2.29. The van der Waals surface area contributed by atoms with Crippen LogP contribution in [0.3, 0.4) is 0 Å². The van der Waals surface area contributed by atoms with Gasteiger partial charge in [0.1, 0.15) is 12.6 Å². The molecule has 7 nitrogen and oxygen atoms in total. The van der Waals surface area contributed by atoms with Gasteiger partial charge in [-0.05, 0) is 48.9 Å². The van der Waals surface area contributed by atoms with Crippen molar-refractivity contribution in [2.75, 3.05) is 30.2 Å². The Morgan fingerprint density at radius 3 is 2.12 bits per heavy atom. The molecule has 0 aliphatic carbocycles. The van der Waals surface area contributed by atoms with Gasteiger partial charge in [0.2, 0.25) is 21.8 Å². The van der Waals surface area contributed by atoms with E-state index < -0.39 is 22.0 Å². The second-order valence-corrected chi connectivity index (χ2v) is 10.7. The van der Waals surface area contributed by atoms with Crippen LogP contribution in [-0.4, -0.2) is 57.1 Å². The Labute approximate surface area is 204 Å². The molecule has 0 spiro atoms. The fraction of sp³-hybridized carbons (Fsp3) is 0.462. The van der Waals surface area contributed by atoms with Gasteiger partial charge >= 0.3 is 0 Å². The van der Waals surface area contributed by atoms with Crippen LogP contribution in [-0.2, 0) is 26.0 Å². The fourth-order valence-electron chi connectivity index (χ4n) is 3.61. The highest BCUT2D eigenvalue weighted by Gasteiger charge is 2.29. The lowest BCUT2D eigenvalue weighted by molar-refractivity contribution is -0.138. The Kier molecular flexibility index (Phi) is 10.1. The van der Waals surface area contributed by atoms with Crippen molar-refractivity contribution in [1.82, 2.24) is 10.2 Å². The maximum atomic E-state index is 13.4. The third-order valence-corrected chi connectivity index (χ3v) is 6.87. The number of carbonyl (C=O) groups excluding carboxylic acids is 2. The highest BCUT2D eigenvalue weighted by Crippen LogP contribution is 2.22. The first kappa shape index (κ1) is 27.4. The molecule has 1 N–H and O–H groups in total. The molecule has 2 amide bonds. The summed E-state index contributed by atoms with van der Waals surface area (Å²) < 4.78 is 26.3. The van der Waals surface area contributed by atoms with Gasteiger partial charge in [-0.15, -0.1) is 0 Å². The largest absolute Gasteiger partial charge is 0.354 e. The molecule has 1 atom stereocenters. The van der Waals surface area contributed by atoms with Crippen LogP contribution in [0.15, 0.2) is 54.6 Å². The lowest BCUT2D eigenvalue weighted by Gasteiger charge is -2.31. The molecule has 0 fully saturated rings. The molecule has 0 saturated carbocycles. The molecule has 34 heavy (non-hydrogen) atoms. The minimum absolute atomic E-state index is 0.254. The van der Waals surface area contributed by atoms with Crippen molar-refractivity contribution in [1.29, 1.82) is 0 Å². The predicted octanol–water partition coefficient (Wildman–Crippen LogP) is 3.56. The van der Waals surface area contributed by atoms with Crippen molar-refractivity contribution >= 4 is 27.5 Å². The van der Waals surface area contributed by atoms with Gasteiger partial charge in [0.15, 0.2) is 0 Å². The van der Waals surface area contributed by atoms with E-state index >= 15 is 0 Å². The molecular formula is C26H37N3O4S. The van der Waals surface area contributed by atoms with Gasteiger partial charge in [-0.3, -0.25) is 13.9 Å². The van der Waals surface area contributed by atoms with E-state index in [1.807, 2.05) is 49.4 Å². The summed E-state index contributed by atoms with van der Waals surface area (Å²) in [6, 6.07) is 16.1. The first-order valence-electron chi connectivity index (χ1n) is 11.7. The van der Waals surface area contributed by atoms with Crippen molar-refractivity contribution in [3.05, 3.63) is 65.7 Å². The van der Waals surface area contributed by atoms with Crippen LogP contribution in [0.25, 0.3) is 0 Å². The van der Waals surface area contributed by atoms with Crippen LogP contribution in [0.1, 0.15) is 51.2 Å². The molecule has 0 unspecified atom stereocenters. The van der Waals surface area contributed by atoms with Gasteiger partial charge in [0.05, 0.1) is 11.9 Å². The average molecular weight is 488 g/mol. The summed E-state index contributed by atoms with van der Waals surface area (Å²) in [5.74, 6) is -0.373. The molecule has 2 rings (SSSR count). The number of sulfonamides is 1. The second-order valence-electron chi connectivity index (χ2n) is 8.81. The van der Waals surface area contributed by atoms with Crippen LogP contribution in [0.4, 0.5) is 5.69 Å². The summed E-state index contributed by atoms with van der Waals surface area (Å²) in [5, 5.41) is 2.83. The molecule has 0 aliphatic heterocycles. The first-order valence-corrected chi connectivity index (χ1v) is 13.6. The minimum atomic E-state index is -3.72. The van der Waals surface area contributed by atoms with Crippen molar-refractivity contribution in [3.8, 4) is 0 Å². The van der Waals surface area contributed by atoms with Crippen LogP contribution >= 0.6 is 0 Å². The van der Waals surface area contributed by atoms with E-state index in [-0.39, 0.29) is 12.5 Å². The van der Waals surface area contributed by atoms with E-state index in [2.05, 4.69) is 19.2 Å². The Bertz CT molecular complexity index is 1040. The topological polar surface area (TPSA) is 86.8 Å². The van der Waals surface area contributed by atoms with E-state index in [0.29, 0.717) is 31.1 Å². The van der Waals surface area contributed by atoms with Crippen molar-refractivity contribution < 1.29 is 18.0 Å². The summed E-state index contributed by atoms with van der Waals surface area (Å²) in [4.78, 5) is 27.6. The number of nitrogens with one attached hydrogen (secondary N) is 1. The molecule has 2 aromatic rings. The maximum absolute atomic E-state index is 13.4. The SMILES string of the molecule is CCCNC(=O)[C@H](C)N(CCc1ccccc1)C(=O)CN(c1ccc(C(C)C)cc1)S(C)(=O)=O. The van der Waals surface area contributed by atoms with Crippen molar-refractivity contribution in [3.63, 3.8) is 0 Å². The Morgan fingerprint density at radius 1 is 0.971 bits per heavy atom. The summed E-state index contributed by atoms with van der Waals surface area (Å²) >= 11 is 0. The molecule has 186 valence electrons. The average Bonchev–Trinajstić information content (AvgIpc) is 2.81. The number of amides is 2. The maximum Gasteiger partial charge on any atom is 0.244 e. The molecule has 0 radical (unpaired) electrons. The summed E-state index contributed by atoms with van der Waals surface area (Å²) in [6.07, 6.45) is 2.42. The number of hydrogen-bond acceptors (Lipinski definition) is 4. The smallest absolute Gasteiger partial charge is 0.244 e. The molecule has 0 bridgehead atoms. The third-order valence-electron chi connectivity index (χ3n) is 5.73. The van der Waals surface area contributed by atoms with Crippen molar-refractivity contribution in [2.45, 2.75) is 52.5 Å². The number of hydrogen-bond donors (Lipinski definition) is 1. The summed E-state index contributed by atoms with van der Waals surface area (Å²) in [7, 11) is -3.72. The number of benzene rings is 2. The zero-order valence-electron chi connectivity index (χ0n) is 20.8. The zero-order chi connectivity index (χ0) is 25.3. The van der Waals surface area contributed by atoms with E-state index in [1.165, 1.54) is 4.90 Å². The standard InChI is InChI=1S/C26H37N3O4S/c1-6-17-27-26(31)21(4)28(18-16-22-10-8-7-9-11-22)25(30)19-29(34(5,32)33)24-14-12-23(13-15-24)20(2)3/h7-15,20-21H,6,16-19H2,1-5H3,(H,27,31)/t21-/m0/s1. The Morgan fingerprint density at radius 2 is 1.59 bits per heavy atom. The van der Waals surface area contributed by atoms with E-state index in [1.54, 1.807) is 19.1 Å². The van der Waals surface area contributed by atoms with Gasteiger partial charge in [0.25, 0.3) is 0 Å². The summed E-state index contributed by atoms with van der Waals surface area (Å²) in [6.45, 7) is 8.19. The normalized spacial score (nSPS) is 12.3. The van der Waals surface area contributed by atoms with Gasteiger partial charge < -0.3 is 10.2 Å². The molecule has 0 aliphatic rings. The van der Waals surface area contributed by atoms with Crippen LogP contribution in [0.5, 0.6) is 0 Å². The number of nitrogens with zero attached hydrogens (tertiary/aromatic N) is 2.